The van der Waals surface area contributed by atoms with Gasteiger partial charge in [-0.25, -0.2) is 0 Å². The maximum atomic E-state index is 9.90. The van der Waals surface area contributed by atoms with E-state index in [1.165, 1.54) is 11.1 Å². The highest BCUT2D eigenvalue weighted by atomic mass is 16.1. The molecule has 1 amide bonds. The second-order valence-electron chi connectivity index (χ2n) is 5.66. The molecule has 0 saturated carbocycles. The Balaban J connectivity index is 0.000000257. The topological polar surface area (TPSA) is 90.7 Å². The molecule has 1 aromatic carbocycles. The number of nitrogens with one attached hydrogen (secondary N) is 2. The van der Waals surface area contributed by atoms with Crippen LogP contribution >= 0.6 is 0 Å². The van der Waals surface area contributed by atoms with Crippen LogP contribution in [0, 0.1) is 11.3 Å². The van der Waals surface area contributed by atoms with Crippen LogP contribution in [-0.4, -0.2) is 29.7 Å². The zero-order chi connectivity index (χ0) is 18.5. The number of hydrogen-bond donors (Lipinski definition) is 2. The normalized spacial score (nSPS) is 9.56. The first kappa shape index (κ1) is 20.1. The quantitative estimate of drug-likeness (QED) is 0.598. The summed E-state index contributed by atoms with van der Waals surface area (Å²) in [6.45, 7) is 7.72. The molecule has 0 bridgehead atoms. The zero-order valence-corrected chi connectivity index (χ0v) is 15.0. The summed E-state index contributed by atoms with van der Waals surface area (Å²) >= 11 is 0. The lowest BCUT2D eigenvalue weighted by molar-refractivity contribution is -0.109. The summed E-state index contributed by atoms with van der Waals surface area (Å²) in [7, 11) is 0. The average molecular weight is 339 g/mol. The Labute approximate surface area is 149 Å². The summed E-state index contributed by atoms with van der Waals surface area (Å²) in [5.41, 5.74) is 3.14. The molecule has 0 aliphatic heterocycles. The molecule has 25 heavy (non-hydrogen) atoms. The first-order valence-corrected chi connectivity index (χ1v) is 8.34. The van der Waals surface area contributed by atoms with Crippen LogP contribution < -0.4 is 10.6 Å². The number of carbonyl (C=O) groups is 1. The number of rotatable bonds is 7. The molecule has 0 fully saturated rings. The number of aromatic nitrogens is 2. The van der Waals surface area contributed by atoms with E-state index in [4.69, 9.17) is 5.26 Å². The van der Waals surface area contributed by atoms with Crippen LogP contribution in [0.15, 0.2) is 36.4 Å². The van der Waals surface area contributed by atoms with Crippen molar-refractivity contribution in [1.82, 2.24) is 15.5 Å². The van der Waals surface area contributed by atoms with Crippen molar-refractivity contribution in [2.24, 2.45) is 0 Å². The highest BCUT2D eigenvalue weighted by molar-refractivity contribution is 5.46. The van der Waals surface area contributed by atoms with Gasteiger partial charge in [0, 0.05) is 13.1 Å². The van der Waals surface area contributed by atoms with Crippen LogP contribution in [0.1, 0.15) is 43.5 Å². The predicted octanol–water partition coefficient (Wildman–Crippen LogP) is 2.88. The molecule has 132 valence electrons. The number of carbonyl (C=O) groups excluding carboxylic acids is 1. The lowest BCUT2D eigenvalue weighted by atomic mass is 10.0. The van der Waals surface area contributed by atoms with Crippen molar-refractivity contribution in [3.05, 3.63) is 53.2 Å². The van der Waals surface area contributed by atoms with Gasteiger partial charge in [-0.15, -0.1) is 10.2 Å². The van der Waals surface area contributed by atoms with Crippen molar-refractivity contribution in [3.8, 4) is 6.07 Å². The molecule has 0 saturated heterocycles. The molecule has 6 nitrogen and oxygen atoms in total. The Bertz CT molecular complexity index is 660. The largest absolute Gasteiger partial charge is 0.367 e. The van der Waals surface area contributed by atoms with Crippen LogP contribution in [0.2, 0.25) is 0 Å². The Morgan fingerprint density at radius 1 is 1.12 bits per heavy atom. The van der Waals surface area contributed by atoms with Gasteiger partial charge in [-0.2, -0.15) is 5.26 Å². The Morgan fingerprint density at radius 2 is 1.84 bits per heavy atom. The molecule has 0 radical (unpaired) electrons. The van der Waals surface area contributed by atoms with Gasteiger partial charge in [0.15, 0.2) is 5.69 Å². The fourth-order valence-corrected chi connectivity index (χ4v) is 1.95. The lowest BCUT2D eigenvalue weighted by Crippen LogP contribution is -2.20. The fraction of sp³-hybridized carbons (Fsp3) is 0.368. The van der Waals surface area contributed by atoms with E-state index in [2.05, 4.69) is 65.9 Å². The molecular weight excluding hydrogens is 314 g/mol. The lowest BCUT2D eigenvalue weighted by Gasteiger charge is -2.04. The minimum atomic E-state index is 0.279. The fourth-order valence-electron chi connectivity index (χ4n) is 1.95. The molecule has 2 N–H and O–H groups in total. The van der Waals surface area contributed by atoms with Crippen LogP contribution in [0.3, 0.4) is 0 Å². The van der Waals surface area contributed by atoms with Gasteiger partial charge in [0.1, 0.15) is 11.9 Å². The third-order valence-corrected chi connectivity index (χ3v) is 3.49. The molecule has 1 aromatic heterocycles. The van der Waals surface area contributed by atoms with Crippen molar-refractivity contribution in [2.45, 2.75) is 33.1 Å². The van der Waals surface area contributed by atoms with Crippen molar-refractivity contribution in [1.29, 1.82) is 5.26 Å². The van der Waals surface area contributed by atoms with Crippen LogP contribution in [0.5, 0.6) is 0 Å². The molecule has 6 heteroatoms. The van der Waals surface area contributed by atoms with Crippen molar-refractivity contribution >= 4 is 12.2 Å². The van der Waals surface area contributed by atoms with Crippen molar-refractivity contribution < 1.29 is 4.79 Å². The third kappa shape index (κ3) is 7.93. The second-order valence-corrected chi connectivity index (χ2v) is 5.66. The van der Waals surface area contributed by atoms with E-state index in [9.17, 15) is 4.79 Å². The molecule has 0 aliphatic carbocycles. The smallest absolute Gasteiger partial charge is 0.207 e. The van der Waals surface area contributed by atoms with Crippen LogP contribution in [0.4, 0.5) is 5.82 Å². The number of nitriles is 1. The molecule has 0 unspecified atom stereocenters. The summed E-state index contributed by atoms with van der Waals surface area (Å²) in [6.07, 6.45) is 1.77. The van der Waals surface area contributed by atoms with Gasteiger partial charge in [-0.1, -0.05) is 45.0 Å². The monoisotopic (exact) mass is 339 g/mol. The van der Waals surface area contributed by atoms with Gasteiger partial charge in [-0.3, -0.25) is 4.79 Å². The number of amides is 1. The van der Waals surface area contributed by atoms with Gasteiger partial charge in [0.25, 0.3) is 0 Å². The van der Waals surface area contributed by atoms with E-state index in [0.29, 0.717) is 31.2 Å². The minimum absolute atomic E-state index is 0.279. The number of hydrogen-bond acceptors (Lipinski definition) is 5. The highest BCUT2D eigenvalue weighted by Gasteiger charge is 1.97. The Kier molecular flexibility index (Phi) is 9.31. The van der Waals surface area contributed by atoms with E-state index >= 15 is 0 Å². The van der Waals surface area contributed by atoms with Gasteiger partial charge in [0.05, 0.1) is 0 Å². The summed E-state index contributed by atoms with van der Waals surface area (Å²) in [5.74, 6) is 1.23. The van der Waals surface area contributed by atoms with E-state index in [1.807, 2.05) is 6.07 Å². The number of nitrogens with zero attached hydrogens (tertiary/aromatic N) is 3. The predicted molar refractivity (Wildman–Crippen MR) is 99.2 cm³/mol. The molecule has 0 atom stereocenters. The summed E-state index contributed by atoms with van der Waals surface area (Å²) < 4.78 is 0. The van der Waals surface area contributed by atoms with E-state index in [1.54, 1.807) is 12.1 Å². The third-order valence-electron chi connectivity index (χ3n) is 3.49. The SMILES string of the molecule is CCc1ccc(C(C)C)cc1.N#Cc1ccc(NCCNC=O)nn1. The van der Waals surface area contributed by atoms with Gasteiger partial charge in [-0.05, 0) is 35.6 Å². The van der Waals surface area contributed by atoms with Crippen molar-refractivity contribution in [2.75, 3.05) is 18.4 Å². The molecule has 0 spiro atoms. The molecule has 2 rings (SSSR count). The Hall–Kier alpha value is -2.94. The number of anilines is 1. The van der Waals surface area contributed by atoms with Gasteiger partial charge < -0.3 is 10.6 Å². The molecule has 2 aromatic rings. The van der Waals surface area contributed by atoms with Gasteiger partial charge in [0.2, 0.25) is 6.41 Å². The van der Waals surface area contributed by atoms with Crippen LogP contribution in [-0.2, 0) is 11.2 Å². The first-order chi connectivity index (χ1) is 12.1. The van der Waals surface area contributed by atoms with E-state index < -0.39 is 0 Å². The zero-order valence-electron chi connectivity index (χ0n) is 15.0. The van der Waals surface area contributed by atoms with E-state index in [-0.39, 0.29) is 5.69 Å². The summed E-state index contributed by atoms with van der Waals surface area (Å²) in [6, 6.07) is 14.0. The maximum Gasteiger partial charge on any atom is 0.207 e. The summed E-state index contributed by atoms with van der Waals surface area (Å²) in [4.78, 5) is 9.90. The second kappa shape index (κ2) is 11.6. The average Bonchev–Trinajstić information content (AvgIpc) is 2.66. The molecule has 1 heterocycles. The molecule has 0 aliphatic rings. The summed E-state index contributed by atoms with van der Waals surface area (Å²) in [5, 5.41) is 21.3. The van der Waals surface area contributed by atoms with Gasteiger partial charge >= 0.3 is 0 Å². The highest BCUT2D eigenvalue weighted by Crippen LogP contribution is 2.14. The standard InChI is InChI=1S/C11H16.C8H9N5O/c1-4-10-5-7-11(8-6-10)9(2)3;9-5-7-1-2-8(13-12-7)11-4-3-10-6-14/h5-9H,4H2,1-3H3;1-2,6H,3-4H2,(H,10,14)(H,11,13). The number of aryl methyl sites for hydroxylation is 1. The van der Waals surface area contributed by atoms with E-state index in [0.717, 1.165) is 6.42 Å². The number of benzene rings is 1. The van der Waals surface area contributed by atoms with Crippen molar-refractivity contribution in [3.63, 3.8) is 0 Å². The Morgan fingerprint density at radius 3 is 2.32 bits per heavy atom. The van der Waals surface area contributed by atoms with Crippen LogP contribution in [0.25, 0.3) is 0 Å². The minimum Gasteiger partial charge on any atom is -0.367 e. The maximum absolute atomic E-state index is 9.90. The first-order valence-electron chi connectivity index (χ1n) is 8.34. The molecular formula is C19H25N5O.